The second kappa shape index (κ2) is 5.07. The summed E-state index contributed by atoms with van der Waals surface area (Å²) in [7, 11) is 0. The molecule has 94 valence electrons. The van der Waals surface area contributed by atoms with Crippen LogP contribution >= 0.6 is 15.9 Å². The summed E-state index contributed by atoms with van der Waals surface area (Å²) in [6, 6.07) is 5.19. The first-order valence-corrected chi connectivity index (χ1v) is 7.05. The Morgan fingerprint density at radius 1 is 1.53 bits per heavy atom. The fraction of sp³-hybridized carbons (Fsp3) is 0.571. The van der Waals surface area contributed by atoms with E-state index in [4.69, 9.17) is 5.73 Å². The summed E-state index contributed by atoms with van der Waals surface area (Å²) >= 11 is 3.31. The van der Waals surface area contributed by atoms with Gasteiger partial charge in [0, 0.05) is 5.54 Å². The van der Waals surface area contributed by atoms with Crippen LogP contribution < -0.4 is 5.73 Å². The Hall–Kier alpha value is -0.410. The highest BCUT2D eigenvalue weighted by molar-refractivity contribution is 9.10. The van der Waals surface area contributed by atoms with Gasteiger partial charge in [-0.1, -0.05) is 25.5 Å². The van der Waals surface area contributed by atoms with E-state index in [-0.39, 0.29) is 11.4 Å². The molecule has 1 aromatic carbocycles. The van der Waals surface area contributed by atoms with E-state index in [1.54, 1.807) is 6.07 Å². The van der Waals surface area contributed by atoms with Gasteiger partial charge in [-0.15, -0.1) is 0 Å². The monoisotopic (exact) mass is 299 g/mol. The number of hydrogen-bond donors (Lipinski definition) is 1. The summed E-state index contributed by atoms with van der Waals surface area (Å²) in [5, 5.41) is 0. The van der Waals surface area contributed by atoms with Gasteiger partial charge < -0.3 is 5.73 Å². The molecule has 2 rings (SSSR count). The van der Waals surface area contributed by atoms with E-state index in [9.17, 15) is 4.39 Å². The summed E-state index contributed by atoms with van der Waals surface area (Å²) in [6.45, 7) is 2.22. The Bertz CT molecular complexity index is 407. The molecule has 2 unspecified atom stereocenters. The minimum atomic E-state index is -0.198. The first-order valence-electron chi connectivity index (χ1n) is 6.26. The number of hydrogen-bond acceptors (Lipinski definition) is 1. The highest BCUT2D eigenvalue weighted by atomic mass is 79.9. The smallest absolute Gasteiger partial charge is 0.137 e. The average Bonchev–Trinajstić information content (AvgIpc) is 2.67. The third-order valence-corrected chi connectivity index (χ3v) is 4.79. The number of nitrogens with two attached hydrogens (primary N) is 1. The van der Waals surface area contributed by atoms with Crippen molar-refractivity contribution in [3.8, 4) is 0 Å². The van der Waals surface area contributed by atoms with E-state index in [0.717, 1.165) is 30.7 Å². The second-order valence-corrected chi connectivity index (χ2v) is 6.06. The van der Waals surface area contributed by atoms with Crippen molar-refractivity contribution in [3.05, 3.63) is 34.1 Å². The molecule has 0 aromatic heterocycles. The van der Waals surface area contributed by atoms with Gasteiger partial charge in [-0.2, -0.15) is 0 Å². The Balaban J connectivity index is 2.13. The zero-order chi connectivity index (χ0) is 12.5. The standard InChI is InChI=1S/C14H19BrFN/c1-2-10-6-7-14(17,8-10)9-11-4-3-5-12(16)13(11)15/h3-5,10H,2,6-9,17H2,1H3. The molecule has 0 radical (unpaired) electrons. The largest absolute Gasteiger partial charge is 0.325 e. The molecule has 1 fully saturated rings. The van der Waals surface area contributed by atoms with Crippen molar-refractivity contribution >= 4 is 15.9 Å². The molecule has 2 atom stereocenters. The van der Waals surface area contributed by atoms with Crippen LogP contribution in [0.2, 0.25) is 0 Å². The van der Waals surface area contributed by atoms with Crippen LogP contribution in [-0.4, -0.2) is 5.54 Å². The third-order valence-electron chi connectivity index (χ3n) is 3.90. The molecule has 0 heterocycles. The molecule has 1 aliphatic carbocycles. The van der Waals surface area contributed by atoms with Gasteiger partial charge in [0.25, 0.3) is 0 Å². The molecule has 17 heavy (non-hydrogen) atoms. The van der Waals surface area contributed by atoms with Crippen molar-refractivity contribution in [3.63, 3.8) is 0 Å². The molecular weight excluding hydrogens is 281 g/mol. The first kappa shape index (κ1) is 13.0. The molecular formula is C14H19BrFN. The molecule has 0 saturated heterocycles. The molecule has 0 amide bonds. The van der Waals surface area contributed by atoms with Crippen molar-refractivity contribution < 1.29 is 4.39 Å². The molecule has 0 bridgehead atoms. The van der Waals surface area contributed by atoms with Gasteiger partial charge >= 0.3 is 0 Å². The van der Waals surface area contributed by atoms with E-state index in [2.05, 4.69) is 22.9 Å². The highest BCUT2D eigenvalue weighted by Gasteiger charge is 2.35. The van der Waals surface area contributed by atoms with Gasteiger partial charge in [0.1, 0.15) is 5.82 Å². The lowest BCUT2D eigenvalue weighted by molar-refractivity contribution is 0.405. The Morgan fingerprint density at radius 2 is 2.29 bits per heavy atom. The van der Waals surface area contributed by atoms with Crippen molar-refractivity contribution in [2.45, 2.75) is 44.6 Å². The van der Waals surface area contributed by atoms with Crippen molar-refractivity contribution in [2.75, 3.05) is 0 Å². The van der Waals surface area contributed by atoms with E-state index in [1.165, 1.54) is 18.9 Å². The maximum absolute atomic E-state index is 13.4. The quantitative estimate of drug-likeness (QED) is 0.896. The van der Waals surface area contributed by atoms with Gasteiger partial charge in [0.05, 0.1) is 4.47 Å². The van der Waals surface area contributed by atoms with Crippen LogP contribution in [0.4, 0.5) is 4.39 Å². The molecule has 1 aliphatic rings. The highest BCUT2D eigenvalue weighted by Crippen LogP contribution is 2.38. The fourth-order valence-electron chi connectivity index (χ4n) is 2.84. The van der Waals surface area contributed by atoms with E-state index in [1.807, 2.05) is 6.07 Å². The summed E-state index contributed by atoms with van der Waals surface area (Å²) in [5.74, 6) is 0.545. The van der Waals surface area contributed by atoms with Crippen LogP contribution in [0.3, 0.4) is 0 Å². The maximum atomic E-state index is 13.4. The van der Waals surface area contributed by atoms with Crippen LogP contribution in [0.1, 0.15) is 38.2 Å². The average molecular weight is 300 g/mol. The lowest BCUT2D eigenvalue weighted by Gasteiger charge is -2.25. The van der Waals surface area contributed by atoms with Crippen LogP contribution in [0.25, 0.3) is 0 Å². The summed E-state index contributed by atoms with van der Waals surface area (Å²) in [4.78, 5) is 0. The van der Waals surface area contributed by atoms with Gasteiger partial charge in [-0.05, 0) is 59.2 Å². The van der Waals surface area contributed by atoms with Gasteiger partial charge in [0.2, 0.25) is 0 Å². The Morgan fingerprint density at radius 3 is 2.94 bits per heavy atom. The SMILES string of the molecule is CCC1CCC(N)(Cc2cccc(F)c2Br)C1. The van der Waals surface area contributed by atoms with Crippen LogP contribution in [0.5, 0.6) is 0 Å². The van der Waals surface area contributed by atoms with Crippen molar-refractivity contribution in [1.29, 1.82) is 0 Å². The number of halogens is 2. The number of benzene rings is 1. The van der Waals surface area contributed by atoms with Gasteiger partial charge in [-0.25, -0.2) is 4.39 Å². The summed E-state index contributed by atoms with van der Waals surface area (Å²) < 4.78 is 14.0. The van der Waals surface area contributed by atoms with E-state index in [0.29, 0.717) is 4.47 Å². The molecule has 0 spiro atoms. The van der Waals surface area contributed by atoms with Crippen LogP contribution in [0.15, 0.2) is 22.7 Å². The zero-order valence-corrected chi connectivity index (χ0v) is 11.8. The predicted molar refractivity (Wildman–Crippen MR) is 72.4 cm³/mol. The lowest BCUT2D eigenvalue weighted by Crippen LogP contribution is -2.39. The molecule has 1 aromatic rings. The molecule has 1 saturated carbocycles. The fourth-order valence-corrected chi connectivity index (χ4v) is 3.25. The first-order chi connectivity index (χ1) is 8.04. The normalized spacial score (nSPS) is 28.6. The Labute approximate surface area is 111 Å². The Kier molecular flexibility index (Phi) is 3.88. The third kappa shape index (κ3) is 2.89. The van der Waals surface area contributed by atoms with Gasteiger partial charge in [-0.3, -0.25) is 0 Å². The van der Waals surface area contributed by atoms with Gasteiger partial charge in [0.15, 0.2) is 0 Å². The van der Waals surface area contributed by atoms with Crippen LogP contribution in [0, 0.1) is 11.7 Å². The van der Waals surface area contributed by atoms with Crippen molar-refractivity contribution in [1.82, 2.24) is 0 Å². The van der Waals surface area contributed by atoms with Crippen molar-refractivity contribution in [2.24, 2.45) is 11.7 Å². The molecule has 0 aliphatic heterocycles. The van der Waals surface area contributed by atoms with Crippen LogP contribution in [-0.2, 0) is 6.42 Å². The number of rotatable bonds is 3. The molecule has 1 nitrogen and oxygen atoms in total. The molecule has 3 heteroatoms. The zero-order valence-electron chi connectivity index (χ0n) is 10.2. The maximum Gasteiger partial charge on any atom is 0.137 e. The minimum absolute atomic E-state index is 0.142. The summed E-state index contributed by atoms with van der Waals surface area (Å²) in [5.41, 5.74) is 7.28. The van der Waals surface area contributed by atoms with E-state index < -0.39 is 0 Å². The minimum Gasteiger partial charge on any atom is -0.325 e. The lowest BCUT2D eigenvalue weighted by atomic mass is 9.89. The predicted octanol–water partition coefficient (Wildman–Crippen LogP) is 4.04. The summed E-state index contributed by atoms with van der Waals surface area (Å²) in [6.07, 6.45) is 5.28. The molecule has 2 N–H and O–H groups in total. The topological polar surface area (TPSA) is 26.0 Å². The van der Waals surface area contributed by atoms with E-state index >= 15 is 0 Å². The second-order valence-electron chi connectivity index (χ2n) is 5.27.